The SMILES string of the molecule is CCCCCCCCCC[O].OCC(CO)(CO)CO.OP(O)OP(O)O. The van der Waals surface area contributed by atoms with Gasteiger partial charge in [-0.15, -0.1) is 0 Å². The zero-order valence-electron chi connectivity index (χ0n) is 16.0. The Kier molecular flexibility index (Phi) is 29.2. The monoisotopic (exact) mass is 439 g/mol. The van der Waals surface area contributed by atoms with E-state index in [-0.39, 0.29) is 6.61 Å². The highest BCUT2D eigenvalue weighted by Gasteiger charge is 2.26. The van der Waals surface area contributed by atoms with E-state index in [1.54, 1.807) is 0 Å². The van der Waals surface area contributed by atoms with Gasteiger partial charge in [-0.2, -0.15) is 0 Å². The molecule has 0 heterocycles. The molecule has 167 valence electrons. The maximum absolute atomic E-state index is 10.1. The number of hydrogen-bond donors (Lipinski definition) is 8. The number of aliphatic hydroxyl groups is 4. The van der Waals surface area contributed by atoms with Crippen LogP contribution in [0.3, 0.4) is 0 Å². The lowest BCUT2D eigenvalue weighted by molar-refractivity contribution is -0.0328. The van der Waals surface area contributed by atoms with Gasteiger partial charge in [-0.25, -0.2) is 9.42 Å². The maximum Gasteiger partial charge on any atom is 0.334 e. The van der Waals surface area contributed by atoms with Crippen molar-refractivity contribution >= 4 is 17.2 Å². The van der Waals surface area contributed by atoms with Crippen LogP contribution in [-0.2, 0) is 9.42 Å². The van der Waals surface area contributed by atoms with E-state index in [0.717, 1.165) is 12.8 Å². The Morgan fingerprint density at radius 1 is 0.667 bits per heavy atom. The molecule has 0 unspecified atom stereocenters. The minimum absolute atomic E-state index is 0.120. The summed E-state index contributed by atoms with van der Waals surface area (Å²) in [6.07, 6.45) is 10.1. The number of hydrogen-bond acceptors (Lipinski definition) is 9. The first kappa shape index (κ1) is 32.1. The Bertz CT molecular complexity index is 237. The van der Waals surface area contributed by atoms with Crippen LogP contribution in [0, 0.1) is 5.41 Å². The molecule has 0 bridgehead atoms. The molecule has 0 spiro atoms. The molecule has 0 aliphatic carbocycles. The van der Waals surface area contributed by atoms with Crippen molar-refractivity contribution in [3.8, 4) is 0 Å². The van der Waals surface area contributed by atoms with Gasteiger partial charge in [0.1, 0.15) is 0 Å². The summed E-state index contributed by atoms with van der Waals surface area (Å²) < 4.78 is 3.60. The van der Waals surface area contributed by atoms with Gasteiger partial charge in [0.2, 0.25) is 0 Å². The fraction of sp³-hybridized carbons (Fsp3) is 1.00. The normalized spacial score (nSPS) is 11.1. The van der Waals surface area contributed by atoms with Crippen molar-refractivity contribution in [2.75, 3.05) is 33.0 Å². The minimum Gasteiger partial charge on any atom is -0.396 e. The molecule has 8 N–H and O–H groups in total. The van der Waals surface area contributed by atoms with Crippen molar-refractivity contribution < 1.29 is 49.4 Å². The molecule has 1 radical (unpaired) electrons. The Labute approximate surface area is 164 Å². The first-order chi connectivity index (χ1) is 12.8. The lowest BCUT2D eigenvalue weighted by Crippen LogP contribution is -2.37. The molecule has 27 heavy (non-hydrogen) atoms. The summed E-state index contributed by atoms with van der Waals surface area (Å²) in [4.78, 5) is 31.3. The molecule has 0 aliphatic rings. The van der Waals surface area contributed by atoms with Gasteiger partial charge < -0.3 is 40.0 Å². The summed E-state index contributed by atoms with van der Waals surface area (Å²) in [6, 6.07) is 0. The third-order valence-electron chi connectivity index (χ3n) is 3.49. The van der Waals surface area contributed by atoms with Crippen LogP contribution in [-0.4, -0.2) is 73.0 Å². The quantitative estimate of drug-likeness (QED) is 0.144. The summed E-state index contributed by atoms with van der Waals surface area (Å²) in [5.41, 5.74) is -1.11. The van der Waals surface area contributed by atoms with Crippen molar-refractivity contribution in [3.05, 3.63) is 0 Å². The zero-order valence-corrected chi connectivity index (χ0v) is 17.8. The molecule has 0 atom stereocenters. The molecule has 12 heteroatoms. The van der Waals surface area contributed by atoms with Gasteiger partial charge in [-0.3, -0.25) is 0 Å². The second kappa shape index (κ2) is 24.5. The molecular formula is C15H37O10P2. The fourth-order valence-electron chi connectivity index (χ4n) is 1.60. The van der Waals surface area contributed by atoms with Crippen molar-refractivity contribution in [2.24, 2.45) is 5.41 Å². The van der Waals surface area contributed by atoms with Crippen LogP contribution in [0.25, 0.3) is 0 Å². The largest absolute Gasteiger partial charge is 0.396 e. The van der Waals surface area contributed by atoms with Gasteiger partial charge in [0.05, 0.1) is 38.4 Å². The molecule has 0 amide bonds. The molecule has 0 fully saturated rings. The highest BCUT2D eigenvalue weighted by atomic mass is 31.2. The highest BCUT2D eigenvalue weighted by Crippen LogP contribution is 2.41. The van der Waals surface area contributed by atoms with Crippen LogP contribution >= 0.6 is 17.2 Å². The minimum atomic E-state index is -2.61. The molecule has 0 rings (SSSR count). The first-order valence-corrected chi connectivity index (χ1v) is 11.2. The lowest BCUT2D eigenvalue weighted by atomic mass is 9.93. The summed E-state index contributed by atoms with van der Waals surface area (Å²) >= 11 is 0. The van der Waals surface area contributed by atoms with Crippen molar-refractivity contribution in [1.82, 2.24) is 0 Å². The zero-order chi connectivity index (χ0) is 21.6. The molecule has 0 aromatic rings. The van der Waals surface area contributed by atoms with E-state index in [2.05, 4.69) is 11.2 Å². The van der Waals surface area contributed by atoms with Gasteiger partial charge in [0.15, 0.2) is 0 Å². The molecule has 0 aliphatic heterocycles. The predicted molar refractivity (Wildman–Crippen MR) is 103 cm³/mol. The Hall–Kier alpha value is 0.460. The maximum atomic E-state index is 10.1. The van der Waals surface area contributed by atoms with Gasteiger partial charge in [0, 0.05) is 0 Å². The average molecular weight is 439 g/mol. The van der Waals surface area contributed by atoms with Crippen molar-refractivity contribution in [3.63, 3.8) is 0 Å². The molecule has 10 nitrogen and oxygen atoms in total. The average Bonchev–Trinajstić information content (AvgIpc) is 2.63. The van der Waals surface area contributed by atoms with Gasteiger partial charge in [0.25, 0.3) is 0 Å². The van der Waals surface area contributed by atoms with E-state index < -0.39 is 49.0 Å². The predicted octanol–water partition coefficient (Wildman–Crippen LogP) is 0.926. The summed E-state index contributed by atoms with van der Waals surface area (Å²) in [5.74, 6) is 0. The van der Waals surface area contributed by atoms with Crippen LogP contribution in [0.1, 0.15) is 58.3 Å². The summed E-state index contributed by atoms with van der Waals surface area (Å²) in [5, 5.41) is 44.1. The smallest absolute Gasteiger partial charge is 0.334 e. The van der Waals surface area contributed by atoms with E-state index in [4.69, 9.17) is 40.0 Å². The fourth-order valence-corrected chi connectivity index (χ4v) is 2.12. The molecule has 0 saturated heterocycles. The van der Waals surface area contributed by atoms with Gasteiger partial charge >= 0.3 is 17.2 Å². The Morgan fingerprint density at radius 2 is 1.00 bits per heavy atom. The number of rotatable bonds is 14. The van der Waals surface area contributed by atoms with Crippen LogP contribution in [0.5, 0.6) is 0 Å². The standard InChI is InChI=1S/C10H21O.C5H12O4.H4O5P2/c1-2-3-4-5-6-7-8-9-10-11;6-1-5(2-7,3-8)4-9;1-6(2)5-7(3)4/h2-10H2,1H3;6-9H,1-4H2;1-4H. The van der Waals surface area contributed by atoms with Gasteiger partial charge in [-0.1, -0.05) is 51.9 Å². The van der Waals surface area contributed by atoms with E-state index in [1.807, 2.05) is 0 Å². The molecule has 0 aromatic heterocycles. The Morgan fingerprint density at radius 3 is 1.19 bits per heavy atom. The third-order valence-corrected chi connectivity index (χ3v) is 4.65. The summed E-state index contributed by atoms with van der Waals surface area (Å²) in [7, 11) is -5.22. The topological polar surface area (TPSA) is 191 Å². The second-order valence-corrected chi connectivity index (χ2v) is 7.56. The number of unbranched alkanes of at least 4 members (excludes halogenated alkanes) is 7. The lowest BCUT2D eigenvalue weighted by Gasteiger charge is -2.23. The molecule has 0 aromatic carbocycles. The Balaban J connectivity index is -0.000000329. The third kappa shape index (κ3) is 26.5. The van der Waals surface area contributed by atoms with Crippen LogP contribution in [0.2, 0.25) is 0 Å². The first-order valence-electron chi connectivity index (χ1n) is 8.84. The van der Waals surface area contributed by atoms with Crippen LogP contribution < -0.4 is 0 Å². The molecular weight excluding hydrogens is 402 g/mol. The number of aliphatic hydroxyl groups excluding tert-OH is 4. The van der Waals surface area contributed by atoms with E-state index in [1.165, 1.54) is 38.5 Å². The highest BCUT2D eigenvalue weighted by molar-refractivity contribution is 7.53. The van der Waals surface area contributed by atoms with Crippen LogP contribution in [0.4, 0.5) is 0 Å². The van der Waals surface area contributed by atoms with Crippen LogP contribution in [0.15, 0.2) is 0 Å². The molecule has 0 saturated carbocycles. The van der Waals surface area contributed by atoms with Crippen molar-refractivity contribution in [2.45, 2.75) is 58.3 Å². The van der Waals surface area contributed by atoms with E-state index in [9.17, 15) is 5.11 Å². The second-order valence-electron chi connectivity index (χ2n) is 5.90. The van der Waals surface area contributed by atoms with E-state index >= 15 is 0 Å². The summed E-state index contributed by atoms with van der Waals surface area (Å²) in [6.45, 7) is 0.729. The van der Waals surface area contributed by atoms with Crippen molar-refractivity contribution in [1.29, 1.82) is 0 Å². The van der Waals surface area contributed by atoms with Gasteiger partial charge in [-0.05, 0) is 6.42 Å². The van der Waals surface area contributed by atoms with E-state index in [0.29, 0.717) is 0 Å².